The van der Waals surface area contributed by atoms with Crippen LogP contribution < -0.4 is 19.5 Å². The summed E-state index contributed by atoms with van der Waals surface area (Å²) in [5.41, 5.74) is 2.07. The van der Waals surface area contributed by atoms with Crippen LogP contribution in [0.25, 0.3) is 10.6 Å². The Morgan fingerprint density at radius 3 is 2.64 bits per heavy atom. The van der Waals surface area contributed by atoms with Crippen molar-refractivity contribution >= 4 is 22.9 Å². The first-order valence-corrected chi connectivity index (χ1v) is 10.9. The number of hydrogen-bond acceptors (Lipinski definition) is 6. The van der Waals surface area contributed by atoms with Crippen LogP contribution in [0.5, 0.6) is 17.2 Å². The third kappa shape index (κ3) is 5.30. The Balaban J connectivity index is 1.46. The lowest BCUT2D eigenvalue weighted by Gasteiger charge is -2.10. The number of benzene rings is 3. The number of aromatic nitrogens is 1. The predicted octanol–water partition coefficient (Wildman–Crippen LogP) is 5.80. The Labute approximate surface area is 194 Å². The SMILES string of the molecule is COc1ccc(NC(=O)c2csc(-c3cccc(OCc4ccccc4F)c3)n2)c(OC)c1. The number of anilines is 1. The Kier molecular flexibility index (Phi) is 6.85. The van der Waals surface area contributed by atoms with Gasteiger partial charge in [0.1, 0.15) is 40.4 Å². The zero-order valence-corrected chi connectivity index (χ0v) is 18.8. The number of rotatable bonds is 8. The average Bonchev–Trinajstić information content (AvgIpc) is 3.35. The van der Waals surface area contributed by atoms with Gasteiger partial charge < -0.3 is 19.5 Å². The van der Waals surface area contributed by atoms with E-state index in [0.29, 0.717) is 33.5 Å². The van der Waals surface area contributed by atoms with Gasteiger partial charge in [-0.1, -0.05) is 30.3 Å². The van der Waals surface area contributed by atoms with Crippen LogP contribution in [0.2, 0.25) is 0 Å². The number of carbonyl (C=O) groups excluding carboxylic acids is 1. The molecule has 3 aromatic carbocycles. The van der Waals surface area contributed by atoms with Crippen LogP contribution in [0.3, 0.4) is 0 Å². The number of nitrogens with zero attached hydrogens (tertiary/aromatic N) is 1. The van der Waals surface area contributed by atoms with Crippen LogP contribution in [-0.2, 0) is 6.61 Å². The van der Waals surface area contributed by atoms with Crippen molar-refractivity contribution < 1.29 is 23.4 Å². The largest absolute Gasteiger partial charge is 0.497 e. The molecule has 4 aromatic rings. The number of amides is 1. The fourth-order valence-electron chi connectivity index (χ4n) is 3.09. The summed E-state index contributed by atoms with van der Waals surface area (Å²) in [5, 5.41) is 5.17. The van der Waals surface area contributed by atoms with E-state index in [0.717, 1.165) is 5.56 Å². The molecule has 1 amide bonds. The summed E-state index contributed by atoms with van der Waals surface area (Å²) in [4.78, 5) is 17.2. The number of nitrogens with one attached hydrogen (secondary N) is 1. The molecule has 1 heterocycles. The van der Waals surface area contributed by atoms with E-state index in [-0.39, 0.29) is 24.0 Å². The summed E-state index contributed by atoms with van der Waals surface area (Å²) in [6, 6.07) is 18.9. The normalized spacial score (nSPS) is 10.5. The van der Waals surface area contributed by atoms with Crippen molar-refractivity contribution in [3.05, 3.63) is 89.2 Å². The molecule has 0 spiro atoms. The molecule has 0 bridgehead atoms. The summed E-state index contributed by atoms with van der Waals surface area (Å²) >= 11 is 1.34. The first-order chi connectivity index (χ1) is 16.1. The zero-order chi connectivity index (χ0) is 23.2. The van der Waals surface area contributed by atoms with Gasteiger partial charge in [0.15, 0.2) is 0 Å². The minimum atomic E-state index is -0.354. The Bertz CT molecular complexity index is 1270. The van der Waals surface area contributed by atoms with E-state index in [1.165, 1.54) is 24.5 Å². The Morgan fingerprint density at radius 1 is 1.00 bits per heavy atom. The minimum Gasteiger partial charge on any atom is -0.497 e. The van der Waals surface area contributed by atoms with Gasteiger partial charge in [0.2, 0.25) is 0 Å². The summed E-state index contributed by atoms with van der Waals surface area (Å²) in [5.74, 6) is 1.03. The average molecular weight is 465 g/mol. The van der Waals surface area contributed by atoms with Gasteiger partial charge in [0, 0.05) is 22.6 Å². The Morgan fingerprint density at radius 2 is 1.85 bits per heavy atom. The lowest BCUT2D eigenvalue weighted by Crippen LogP contribution is -2.13. The number of carbonyl (C=O) groups is 1. The molecule has 0 aliphatic carbocycles. The van der Waals surface area contributed by atoms with Crippen LogP contribution >= 0.6 is 11.3 Å². The molecule has 0 radical (unpaired) electrons. The second-order valence-corrected chi connectivity index (χ2v) is 7.82. The molecule has 0 saturated carbocycles. The van der Waals surface area contributed by atoms with E-state index in [9.17, 15) is 9.18 Å². The van der Waals surface area contributed by atoms with Crippen molar-refractivity contribution in [1.29, 1.82) is 0 Å². The van der Waals surface area contributed by atoms with Gasteiger partial charge in [0.25, 0.3) is 5.91 Å². The van der Waals surface area contributed by atoms with E-state index in [2.05, 4.69) is 10.3 Å². The van der Waals surface area contributed by atoms with Crippen LogP contribution in [0.1, 0.15) is 16.1 Å². The van der Waals surface area contributed by atoms with E-state index >= 15 is 0 Å². The topological polar surface area (TPSA) is 69.7 Å². The fraction of sp³-hybridized carbons (Fsp3) is 0.120. The lowest BCUT2D eigenvalue weighted by molar-refractivity contribution is 0.102. The quantitative estimate of drug-likeness (QED) is 0.357. The molecule has 8 heteroatoms. The molecule has 1 N–H and O–H groups in total. The number of thiazole rings is 1. The highest BCUT2D eigenvalue weighted by Crippen LogP contribution is 2.31. The second kappa shape index (κ2) is 10.1. The molecule has 1 aromatic heterocycles. The molecule has 168 valence electrons. The summed E-state index contributed by atoms with van der Waals surface area (Å²) in [6.45, 7) is 0.116. The van der Waals surface area contributed by atoms with Crippen LogP contribution in [0.4, 0.5) is 10.1 Å². The molecule has 0 saturated heterocycles. The smallest absolute Gasteiger partial charge is 0.275 e. The van der Waals surface area contributed by atoms with Crippen molar-refractivity contribution in [2.45, 2.75) is 6.61 Å². The van der Waals surface area contributed by atoms with Gasteiger partial charge in [-0.3, -0.25) is 4.79 Å². The molecular weight excluding hydrogens is 443 g/mol. The van der Waals surface area contributed by atoms with Gasteiger partial charge >= 0.3 is 0 Å². The molecule has 0 aliphatic rings. The van der Waals surface area contributed by atoms with Gasteiger partial charge in [0.05, 0.1) is 19.9 Å². The maximum Gasteiger partial charge on any atom is 0.275 e. The molecular formula is C25H21FN2O4S. The van der Waals surface area contributed by atoms with Gasteiger partial charge in [-0.15, -0.1) is 11.3 Å². The third-order valence-electron chi connectivity index (χ3n) is 4.83. The molecule has 0 atom stereocenters. The number of halogens is 1. The maximum atomic E-state index is 13.8. The summed E-state index contributed by atoms with van der Waals surface area (Å²) in [6.07, 6.45) is 0. The molecule has 6 nitrogen and oxygen atoms in total. The van der Waals surface area contributed by atoms with E-state index in [1.54, 1.807) is 55.0 Å². The molecule has 0 unspecified atom stereocenters. The third-order valence-corrected chi connectivity index (χ3v) is 5.72. The van der Waals surface area contributed by atoms with Crippen LogP contribution in [0.15, 0.2) is 72.1 Å². The fourth-order valence-corrected chi connectivity index (χ4v) is 3.89. The van der Waals surface area contributed by atoms with E-state index in [4.69, 9.17) is 14.2 Å². The van der Waals surface area contributed by atoms with Gasteiger partial charge in [-0.05, 0) is 30.3 Å². The summed E-state index contributed by atoms with van der Waals surface area (Å²) < 4.78 is 30.1. The predicted molar refractivity (Wildman–Crippen MR) is 126 cm³/mol. The van der Waals surface area contributed by atoms with Crippen molar-refractivity contribution in [1.82, 2.24) is 4.98 Å². The van der Waals surface area contributed by atoms with Crippen LogP contribution in [-0.4, -0.2) is 25.1 Å². The highest BCUT2D eigenvalue weighted by Gasteiger charge is 2.15. The van der Waals surface area contributed by atoms with Crippen molar-refractivity contribution in [2.24, 2.45) is 0 Å². The maximum absolute atomic E-state index is 13.8. The second-order valence-electron chi connectivity index (χ2n) is 6.97. The summed E-state index contributed by atoms with van der Waals surface area (Å²) in [7, 11) is 3.08. The van der Waals surface area contributed by atoms with Gasteiger partial charge in [-0.25, -0.2) is 9.37 Å². The molecule has 33 heavy (non-hydrogen) atoms. The highest BCUT2D eigenvalue weighted by atomic mass is 32.1. The monoisotopic (exact) mass is 464 g/mol. The molecule has 0 aliphatic heterocycles. The zero-order valence-electron chi connectivity index (χ0n) is 18.0. The molecule has 0 fully saturated rings. The van der Waals surface area contributed by atoms with E-state index < -0.39 is 0 Å². The van der Waals surface area contributed by atoms with Crippen molar-refractivity contribution in [3.63, 3.8) is 0 Å². The van der Waals surface area contributed by atoms with Crippen LogP contribution in [0, 0.1) is 5.82 Å². The lowest BCUT2D eigenvalue weighted by atomic mass is 10.2. The molecule has 4 rings (SSSR count). The Hall–Kier alpha value is -3.91. The number of hydrogen-bond donors (Lipinski definition) is 1. The van der Waals surface area contributed by atoms with Crippen molar-refractivity contribution in [2.75, 3.05) is 19.5 Å². The number of methoxy groups -OCH3 is 2. The van der Waals surface area contributed by atoms with E-state index in [1.807, 2.05) is 18.2 Å². The van der Waals surface area contributed by atoms with Crippen molar-refractivity contribution in [3.8, 4) is 27.8 Å². The first-order valence-electron chi connectivity index (χ1n) is 10.0. The standard InChI is InChI=1S/C25H21FN2O4S/c1-30-18-10-11-21(23(13-18)31-2)27-24(29)22-15-33-25(28-22)16-7-5-8-19(12-16)32-14-17-6-3-4-9-20(17)26/h3-13,15H,14H2,1-2H3,(H,27,29). The highest BCUT2D eigenvalue weighted by molar-refractivity contribution is 7.13. The number of ether oxygens (including phenoxy) is 3. The minimum absolute atomic E-state index is 0.116. The first kappa shape index (κ1) is 22.3. The van der Waals surface area contributed by atoms with Gasteiger partial charge in [-0.2, -0.15) is 0 Å².